The summed E-state index contributed by atoms with van der Waals surface area (Å²) >= 11 is 0. The molecule has 0 heterocycles. The van der Waals surface area contributed by atoms with Crippen molar-refractivity contribution in [3.8, 4) is 0 Å². The van der Waals surface area contributed by atoms with Crippen LogP contribution in [0.2, 0.25) is 0 Å². The van der Waals surface area contributed by atoms with Gasteiger partial charge >= 0.3 is 59.0 Å². The smallest absolute Gasteiger partial charge is 1.00 e. The minimum atomic E-state index is -4.29. The van der Waals surface area contributed by atoms with Gasteiger partial charge in [0.15, 0.2) is 0 Å². The Balaban J connectivity index is -0.000000605. The Kier molecular flexibility index (Phi) is 9.53. The van der Waals surface area contributed by atoms with Gasteiger partial charge in [0.25, 0.3) is 0 Å². The standard InChI is InChI=1S/C4H10NO6P.K.H/c6-3-5(8)1-4(7)2-12(9,10)11;;/h3-4,7-8H,1-2H2,(H2,9,10,11);;/q;+1;-1. The van der Waals surface area contributed by atoms with E-state index in [0.717, 1.165) is 0 Å². The van der Waals surface area contributed by atoms with E-state index in [1.807, 2.05) is 0 Å². The second-order valence-electron chi connectivity index (χ2n) is 2.23. The molecular formula is C4H11KNO6P. The van der Waals surface area contributed by atoms with E-state index in [2.05, 4.69) is 0 Å². The van der Waals surface area contributed by atoms with Crippen molar-refractivity contribution in [2.75, 3.05) is 12.7 Å². The van der Waals surface area contributed by atoms with Crippen LogP contribution in [0, 0.1) is 0 Å². The Hall–Kier alpha value is 1.18. The maximum absolute atomic E-state index is 10.3. The molecule has 0 aliphatic heterocycles. The number of amides is 1. The zero-order valence-corrected chi connectivity index (χ0v) is 11.1. The topological polar surface area (TPSA) is 118 Å². The van der Waals surface area contributed by atoms with Crippen LogP contribution in [0.3, 0.4) is 0 Å². The van der Waals surface area contributed by atoms with Gasteiger partial charge in [-0.15, -0.1) is 0 Å². The summed E-state index contributed by atoms with van der Waals surface area (Å²) in [4.78, 5) is 26.4. The van der Waals surface area contributed by atoms with Crippen molar-refractivity contribution in [2.45, 2.75) is 6.10 Å². The Bertz CT molecular complexity index is 200. The van der Waals surface area contributed by atoms with Crippen LogP contribution >= 0.6 is 7.60 Å². The van der Waals surface area contributed by atoms with E-state index in [1.165, 1.54) is 0 Å². The molecule has 9 heteroatoms. The average molecular weight is 239 g/mol. The van der Waals surface area contributed by atoms with Gasteiger partial charge < -0.3 is 16.3 Å². The molecule has 1 atom stereocenters. The molecule has 4 N–H and O–H groups in total. The minimum absolute atomic E-state index is 0. The van der Waals surface area contributed by atoms with Gasteiger partial charge in [-0.2, -0.15) is 0 Å². The molecule has 0 radical (unpaired) electrons. The summed E-state index contributed by atoms with van der Waals surface area (Å²) in [6.07, 6.45) is -2.18. The molecule has 0 saturated carbocycles. The number of aliphatic hydroxyl groups is 1. The normalized spacial score (nSPS) is 12.9. The van der Waals surface area contributed by atoms with Crippen LogP contribution in [0.5, 0.6) is 0 Å². The maximum Gasteiger partial charge on any atom is 1.00 e. The van der Waals surface area contributed by atoms with E-state index in [1.54, 1.807) is 0 Å². The molecule has 13 heavy (non-hydrogen) atoms. The fourth-order valence-electron chi connectivity index (χ4n) is 0.591. The molecule has 0 aliphatic carbocycles. The van der Waals surface area contributed by atoms with Crippen molar-refractivity contribution in [2.24, 2.45) is 0 Å². The average Bonchev–Trinajstić information content (AvgIpc) is 1.82. The van der Waals surface area contributed by atoms with Gasteiger partial charge in [-0.1, -0.05) is 0 Å². The molecule has 0 spiro atoms. The zero-order valence-electron chi connectivity index (χ0n) is 8.07. The van der Waals surface area contributed by atoms with E-state index in [9.17, 15) is 9.36 Å². The molecular weight excluding hydrogens is 228 g/mol. The first-order chi connectivity index (χ1) is 5.35. The summed E-state index contributed by atoms with van der Waals surface area (Å²) < 4.78 is 10.3. The Morgan fingerprint density at radius 1 is 1.54 bits per heavy atom. The van der Waals surface area contributed by atoms with Crippen molar-refractivity contribution < 1.29 is 82.3 Å². The van der Waals surface area contributed by atoms with E-state index < -0.39 is 26.4 Å². The first-order valence-electron chi connectivity index (χ1n) is 2.98. The molecule has 74 valence electrons. The number of aliphatic hydroxyl groups excluding tert-OH is 1. The second-order valence-corrected chi connectivity index (χ2v) is 3.92. The number of carbonyl (C=O) groups excluding carboxylic acids is 1. The van der Waals surface area contributed by atoms with E-state index in [4.69, 9.17) is 20.1 Å². The Labute approximate surface area is 119 Å². The number of hydroxylamine groups is 2. The number of rotatable bonds is 5. The van der Waals surface area contributed by atoms with Gasteiger partial charge in [-0.25, -0.2) is 5.06 Å². The first kappa shape index (κ1) is 16.6. The van der Waals surface area contributed by atoms with E-state index >= 15 is 0 Å². The molecule has 0 aromatic heterocycles. The van der Waals surface area contributed by atoms with Crippen molar-refractivity contribution in [1.82, 2.24) is 5.06 Å². The van der Waals surface area contributed by atoms with Crippen molar-refractivity contribution in [1.29, 1.82) is 0 Å². The minimum Gasteiger partial charge on any atom is -1.00 e. The zero-order chi connectivity index (χ0) is 9.78. The fraction of sp³-hybridized carbons (Fsp3) is 0.750. The number of carbonyl (C=O) groups is 1. The molecule has 0 fully saturated rings. The van der Waals surface area contributed by atoms with Crippen LogP contribution in [0.1, 0.15) is 1.43 Å². The molecule has 0 bridgehead atoms. The third-order valence-electron chi connectivity index (χ3n) is 0.968. The Morgan fingerprint density at radius 2 is 2.00 bits per heavy atom. The van der Waals surface area contributed by atoms with Crippen LogP contribution in [0.15, 0.2) is 0 Å². The van der Waals surface area contributed by atoms with Gasteiger partial charge in [-0.05, 0) is 0 Å². The molecule has 7 nitrogen and oxygen atoms in total. The van der Waals surface area contributed by atoms with Gasteiger partial charge in [-0.3, -0.25) is 14.6 Å². The third kappa shape index (κ3) is 11.1. The molecule has 0 aliphatic rings. The second kappa shape index (κ2) is 7.47. The Morgan fingerprint density at radius 3 is 2.31 bits per heavy atom. The monoisotopic (exact) mass is 239 g/mol. The van der Waals surface area contributed by atoms with Crippen LogP contribution in [-0.2, 0) is 9.36 Å². The van der Waals surface area contributed by atoms with Crippen LogP contribution < -0.4 is 51.4 Å². The van der Waals surface area contributed by atoms with Crippen molar-refractivity contribution in [3.63, 3.8) is 0 Å². The first-order valence-corrected chi connectivity index (χ1v) is 4.78. The maximum atomic E-state index is 10.3. The summed E-state index contributed by atoms with van der Waals surface area (Å²) in [6.45, 7) is -0.519. The van der Waals surface area contributed by atoms with Gasteiger partial charge in [0.05, 0.1) is 18.8 Å². The van der Waals surface area contributed by atoms with Gasteiger partial charge in [0.1, 0.15) is 0 Å². The quantitative estimate of drug-likeness (QED) is 0.126. The largest absolute Gasteiger partial charge is 1.00 e. The summed E-state index contributed by atoms with van der Waals surface area (Å²) in [5.74, 6) is 0. The summed E-state index contributed by atoms with van der Waals surface area (Å²) in [6, 6.07) is 0. The summed E-state index contributed by atoms with van der Waals surface area (Å²) in [5.41, 5.74) is 0. The van der Waals surface area contributed by atoms with Gasteiger partial charge in [0, 0.05) is 0 Å². The molecule has 1 amide bonds. The predicted octanol–water partition coefficient (Wildman–Crippen LogP) is -4.51. The van der Waals surface area contributed by atoms with Gasteiger partial charge in [0.2, 0.25) is 6.41 Å². The van der Waals surface area contributed by atoms with Crippen LogP contribution in [0.25, 0.3) is 0 Å². The SMILES string of the molecule is O=CN(O)CC(O)CP(=O)(O)O.[H-].[K+]. The molecule has 0 rings (SSSR count). The molecule has 1 unspecified atom stereocenters. The van der Waals surface area contributed by atoms with E-state index in [-0.39, 0.29) is 64.3 Å². The van der Waals surface area contributed by atoms with Crippen molar-refractivity contribution >= 4 is 14.0 Å². The molecule has 0 aromatic rings. The molecule has 0 aromatic carbocycles. The van der Waals surface area contributed by atoms with Crippen molar-refractivity contribution in [3.05, 3.63) is 0 Å². The summed E-state index contributed by atoms with van der Waals surface area (Å²) in [5, 5.41) is 17.4. The summed E-state index contributed by atoms with van der Waals surface area (Å²) in [7, 11) is -4.29. The van der Waals surface area contributed by atoms with Crippen LogP contribution in [0.4, 0.5) is 0 Å². The molecule has 0 saturated heterocycles. The fourth-order valence-corrected chi connectivity index (χ4v) is 1.26. The predicted molar refractivity (Wildman–Crippen MR) is 38.6 cm³/mol. The number of hydrogen-bond acceptors (Lipinski definition) is 4. The van der Waals surface area contributed by atoms with E-state index in [0.29, 0.717) is 0 Å². The number of hydrogen-bond donors (Lipinski definition) is 4. The third-order valence-corrected chi connectivity index (χ3v) is 1.87. The number of nitrogens with zero attached hydrogens (tertiary/aromatic N) is 1. The van der Waals surface area contributed by atoms with Crippen LogP contribution in [-0.4, -0.2) is 50.4 Å².